The first-order chi connectivity index (χ1) is 16.1. The second-order valence-corrected chi connectivity index (χ2v) is 14.3. The summed E-state index contributed by atoms with van der Waals surface area (Å²) in [5.74, 6) is 6.13. The van der Waals surface area contributed by atoms with Crippen molar-refractivity contribution in [2.75, 3.05) is 0 Å². The maximum Gasteiger partial charge on any atom is 0.300 e. The van der Waals surface area contributed by atoms with Crippen LogP contribution in [0.25, 0.3) is 0 Å². The lowest BCUT2D eigenvalue weighted by Gasteiger charge is -2.66. The normalized spacial score (nSPS) is 40.9. The van der Waals surface area contributed by atoms with Gasteiger partial charge < -0.3 is 4.65 Å². The van der Waals surface area contributed by atoms with E-state index in [0.29, 0.717) is 29.4 Å². The van der Waals surface area contributed by atoms with Crippen molar-refractivity contribution >= 4 is 18.5 Å². The van der Waals surface area contributed by atoms with E-state index in [-0.39, 0.29) is 11.5 Å². The van der Waals surface area contributed by atoms with Crippen molar-refractivity contribution in [2.24, 2.45) is 46.3 Å². The molecule has 4 bridgehead atoms. The minimum Gasteiger partial charge on any atom is -0.430 e. The zero-order valence-electron chi connectivity index (χ0n) is 22.3. The van der Waals surface area contributed by atoms with Gasteiger partial charge in [-0.2, -0.15) is 0 Å². The molecular formula is C31H46BClO. The summed E-state index contributed by atoms with van der Waals surface area (Å²) in [7, 11) is 0. The van der Waals surface area contributed by atoms with Gasteiger partial charge in [0.1, 0.15) is 0 Å². The van der Waals surface area contributed by atoms with E-state index in [2.05, 4.69) is 78.5 Å². The van der Waals surface area contributed by atoms with E-state index in [0.717, 1.165) is 41.9 Å². The van der Waals surface area contributed by atoms with Gasteiger partial charge in [0.2, 0.25) is 0 Å². The van der Waals surface area contributed by atoms with E-state index in [1.165, 1.54) is 31.2 Å². The lowest BCUT2D eigenvalue weighted by Crippen LogP contribution is -2.60. The molecule has 7 rings (SSSR count). The second-order valence-electron chi connectivity index (χ2n) is 13.7. The quantitative estimate of drug-likeness (QED) is 0.206. The standard InChI is InChI=1S/C31H46BClO/c1-8-28(33)29(14-21-12-10-9-11-13-21)34-32(26-17-22-15-24(19(26)2)30(22,4)5)27-18-23-16-25(20(27)3)31(23,6)7/h8-13,19-20,22-29H,1,14-18H2,2-7H3/t19-,20-,22+,23+,24-,25-,26-,27-,28-,29-/m1/s1. The number of fused-ring (bicyclic) bond motifs is 4. The van der Waals surface area contributed by atoms with Gasteiger partial charge in [-0.05, 0) is 82.8 Å². The Kier molecular flexibility index (Phi) is 6.59. The second kappa shape index (κ2) is 8.98. The van der Waals surface area contributed by atoms with Crippen LogP contribution >= 0.6 is 11.6 Å². The number of alkyl halides is 1. The summed E-state index contributed by atoms with van der Waals surface area (Å²) >= 11 is 6.90. The molecule has 6 saturated carbocycles. The van der Waals surface area contributed by atoms with E-state index < -0.39 is 0 Å². The molecule has 0 amide bonds. The van der Waals surface area contributed by atoms with Crippen LogP contribution in [0, 0.1) is 46.3 Å². The molecule has 1 nitrogen and oxygen atoms in total. The van der Waals surface area contributed by atoms with Crippen LogP contribution in [0.3, 0.4) is 0 Å². The number of benzene rings is 1. The molecule has 0 N–H and O–H groups in total. The Morgan fingerprint density at radius 2 is 1.44 bits per heavy atom. The van der Waals surface area contributed by atoms with Gasteiger partial charge in [-0.15, -0.1) is 18.2 Å². The van der Waals surface area contributed by atoms with E-state index in [1.807, 2.05) is 6.08 Å². The van der Waals surface area contributed by atoms with Gasteiger partial charge in [0.15, 0.2) is 0 Å². The summed E-state index contributed by atoms with van der Waals surface area (Å²) < 4.78 is 7.30. The van der Waals surface area contributed by atoms with Crippen LogP contribution in [0.1, 0.15) is 72.8 Å². The van der Waals surface area contributed by atoms with Crippen molar-refractivity contribution in [3.63, 3.8) is 0 Å². The van der Waals surface area contributed by atoms with Crippen LogP contribution in [0.2, 0.25) is 11.6 Å². The molecule has 6 fully saturated rings. The number of halogens is 1. The maximum absolute atomic E-state index is 7.30. The van der Waals surface area contributed by atoms with Crippen molar-refractivity contribution in [1.82, 2.24) is 0 Å². The number of hydrogen-bond donors (Lipinski definition) is 0. The molecule has 1 aromatic carbocycles. The number of hydrogen-bond acceptors (Lipinski definition) is 1. The molecule has 6 aliphatic carbocycles. The zero-order valence-corrected chi connectivity index (χ0v) is 23.1. The predicted octanol–water partition coefficient (Wildman–Crippen LogP) is 8.54. The molecule has 0 radical (unpaired) electrons. The molecule has 186 valence electrons. The van der Waals surface area contributed by atoms with Gasteiger partial charge in [-0.25, -0.2) is 0 Å². The third kappa shape index (κ3) is 3.94. The van der Waals surface area contributed by atoms with E-state index >= 15 is 0 Å². The highest BCUT2D eigenvalue weighted by molar-refractivity contribution is 6.56. The fourth-order valence-corrected chi connectivity index (χ4v) is 9.35. The minimum absolute atomic E-state index is 0.0245. The van der Waals surface area contributed by atoms with Crippen LogP contribution in [0.4, 0.5) is 0 Å². The fraction of sp³-hybridized carbons (Fsp3) is 0.742. The van der Waals surface area contributed by atoms with E-state index in [9.17, 15) is 0 Å². The summed E-state index contributed by atoms with van der Waals surface area (Å²) in [6.45, 7) is 19.5. The highest BCUT2D eigenvalue weighted by Gasteiger charge is 2.63. The Morgan fingerprint density at radius 1 is 0.941 bits per heavy atom. The van der Waals surface area contributed by atoms with Crippen LogP contribution in [-0.2, 0) is 11.1 Å². The van der Waals surface area contributed by atoms with Crippen LogP contribution in [0.15, 0.2) is 43.0 Å². The highest BCUT2D eigenvalue weighted by Crippen LogP contribution is 2.69. The zero-order chi connectivity index (χ0) is 24.4. The van der Waals surface area contributed by atoms with Gasteiger partial charge in [-0.1, -0.05) is 90.8 Å². The topological polar surface area (TPSA) is 9.23 Å². The van der Waals surface area contributed by atoms with Crippen LogP contribution in [-0.4, -0.2) is 18.4 Å². The molecule has 0 aliphatic heterocycles. The Bertz CT molecular complexity index is 839. The fourth-order valence-electron chi connectivity index (χ4n) is 9.20. The maximum atomic E-state index is 7.30. The molecule has 0 unspecified atom stereocenters. The molecule has 0 aromatic heterocycles. The lowest BCUT2D eigenvalue weighted by molar-refractivity contribution is -0.112. The molecule has 6 aliphatic rings. The Labute approximate surface area is 214 Å². The molecule has 0 heterocycles. The summed E-state index contributed by atoms with van der Waals surface area (Å²) in [4.78, 5) is 0. The van der Waals surface area contributed by atoms with Gasteiger partial charge in [0, 0.05) is 0 Å². The average molecular weight is 481 g/mol. The van der Waals surface area contributed by atoms with Gasteiger partial charge in [0.05, 0.1) is 11.5 Å². The SMILES string of the molecule is C=C[C@@H](Cl)[C@@H](Cc1ccccc1)OB([C@@H]1C[C@@H]2C[C@H]([C@H]1C)C2(C)C)[C@@H]1C[C@@H]2C[C@H]([C@H]1C)C2(C)C. The van der Waals surface area contributed by atoms with E-state index in [1.54, 1.807) is 0 Å². The predicted molar refractivity (Wildman–Crippen MR) is 146 cm³/mol. The van der Waals surface area contributed by atoms with Crippen molar-refractivity contribution in [1.29, 1.82) is 0 Å². The van der Waals surface area contributed by atoms with Gasteiger partial charge >= 0.3 is 0 Å². The number of rotatable bonds is 8. The van der Waals surface area contributed by atoms with Gasteiger partial charge in [0.25, 0.3) is 6.92 Å². The smallest absolute Gasteiger partial charge is 0.300 e. The monoisotopic (exact) mass is 480 g/mol. The highest BCUT2D eigenvalue weighted by atomic mass is 35.5. The first kappa shape index (κ1) is 24.9. The average Bonchev–Trinajstić information content (AvgIpc) is 2.81. The van der Waals surface area contributed by atoms with E-state index in [4.69, 9.17) is 16.3 Å². The van der Waals surface area contributed by atoms with Crippen molar-refractivity contribution in [2.45, 2.75) is 96.8 Å². The molecule has 10 atom stereocenters. The molecule has 0 saturated heterocycles. The summed E-state index contributed by atoms with van der Waals surface area (Å²) in [6.07, 6.45) is 8.23. The molecule has 34 heavy (non-hydrogen) atoms. The molecule has 0 spiro atoms. The van der Waals surface area contributed by atoms with Crippen molar-refractivity contribution in [3.8, 4) is 0 Å². The minimum atomic E-state index is -0.169. The molecule has 1 aromatic rings. The largest absolute Gasteiger partial charge is 0.430 e. The summed E-state index contributed by atoms with van der Waals surface area (Å²) in [6, 6.07) is 10.8. The molecule has 3 heteroatoms. The Morgan fingerprint density at radius 3 is 1.85 bits per heavy atom. The van der Waals surface area contributed by atoms with Crippen LogP contribution in [0.5, 0.6) is 0 Å². The first-order valence-electron chi connectivity index (χ1n) is 14.0. The molecular weight excluding hydrogens is 435 g/mol. The third-order valence-electron chi connectivity index (χ3n) is 11.9. The van der Waals surface area contributed by atoms with Crippen LogP contribution < -0.4 is 0 Å². The summed E-state index contributed by atoms with van der Waals surface area (Å²) in [5.41, 5.74) is 2.31. The van der Waals surface area contributed by atoms with Crippen molar-refractivity contribution in [3.05, 3.63) is 48.6 Å². The first-order valence-corrected chi connectivity index (χ1v) is 14.4. The van der Waals surface area contributed by atoms with Crippen molar-refractivity contribution < 1.29 is 4.65 Å². The summed E-state index contributed by atoms with van der Waals surface area (Å²) in [5, 5.41) is -0.169. The van der Waals surface area contributed by atoms with Gasteiger partial charge in [-0.3, -0.25) is 0 Å². The third-order valence-corrected chi connectivity index (χ3v) is 12.3. The Hall–Kier alpha value is -0.725. The Balaban J connectivity index is 1.44. The lowest BCUT2D eigenvalue weighted by atomic mass is 9.27.